The molecular weight excluding hydrogens is 909 g/mol. The van der Waals surface area contributed by atoms with Gasteiger partial charge in [-0.15, -0.1) is 6.42 Å². The Labute approximate surface area is 409 Å². The number of amides is 3. The number of aromatic hydroxyl groups is 1. The number of halogens is 2. The van der Waals surface area contributed by atoms with E-state index in [0.29, 0.717) is 86.7 Å². The summed E-state index contributed by atoms with van der Waals surface area (Å²) < 4.78 is 40.0. The quantitative estimate of drug-likeness (QED) is 0.0816. The number of phenolic OH excluding ortho intramolecular Hbond substituents is 1. The van der Waals surface area contributed by atoms with Gasteiger partial charge < -0.3 is 34.8 Å². The van der Waals surface area contributed by atoms with E-state index in [0.717, 1.165) is 75.9 Å². The van der Waals surface area contributed by atoms with E-state index in [-0.39, 0.29) is 69.3 Å². The number of phenols is 1. The summed E-state index contributed by atoms with van der Waals surface area (Å²) in [6, 6.07) is 12.5. The van der Waals surface area contributed by atoms with Crippen LogP contribution in [0.4, 0.5) is 14.6 Å². The Morgan fingerprint density at radius 3 is 2.42 bits per heavy atom. The number of piperidine rings is 2. The first-order chi connectivity index (χ1) is 34.5. The third-order valence-electron chi connectivity index (χ3n) is 15.4. The average Bonchev–Trinajstić information content (AvgIpc) is 3.90. The molecule has 5 aliphatic heterocycles. The lowest BCUT2D eigenvalue weighted by Gasteiger charge is -2.36. The molecule has 3 aromatic heterocycles. The summed E-state index contributed by atoms with van der Waals surface area (Å²) in [5.74, 6) is 0.958. The molecule has 3 aromatic carbocycles. The highest BCUT2D eigenvalue weighted by Gasteiger charge is 2.35. The normalized spacial score (nSPS) is 21.4. The molecule has 6 aromatic rings. The molecule has 11 rings (SSSR count). The number of nitrogens with one attached hydrogen (secondary N) is 2. The largest absolute Gasteiger partial charge is 0.508 e. The molecule has 0 spiro atoms. The zero-order valence-corrected chi connectivity index (χ0v) is 39.8. The maximum Gasteiger partial charge on any atom is 0.319 e. The number of nitrogens with zero attached hydrogens (tertiary/aromatic N) is 9. The van der Waals surface area contributed by atoms with Gasteiger partial charge in [-0.25, -0.2) is 8.78 Å². The molecule has 5 aliphatic rings. The average molecular weight is 966 g/mol. The number of benzene rings is 3. The number of terminal acetylenes is 1. The number of ether oxygens (including phenoxy) is 1. The Bertz CT molecular complexity index is 3110. The molecule has 71 heavy (non-hydrogen) atoms. The smallest absolute Gasteiger partial charge is 0.319 e. The fourth-order valence-electron chi connectivity index (χ4n) is 11.6. The number of piperazine rings is 2. The Morgan fingerprint density at radius 1 is 0.915 bits per heavy atom. The number of imide groups is 1. The topological polar surface area (TPSA) is 174 Å². The summed E-state index contributed by atoms with van der Waals surface area (Å²) in [4.78, 5) is 60.6. The number of carbonyl (C=O) groups excluding carboxylic acids is 3. The summed E-state index contributed by atoms with van der Waals surface area (Å²) in [6.45, 7) is 8.10. The Balaban J connectivity index is 0.679. The molecule has 5 fully saturated rings. The number of fused-ring (bicyclic) bond motifs is 5. The Kier molecular flexibility index (Phi) is 12.7. The summed E-state index contributed by atoms with van der Waals surface area (Å²) in [5.41, 5.74) is 2.88. The van der Waals surface area contributed by atoms with Crippen molar-refractivity contribution >= 4 is 56.1 Å². The number of aryl methyl sites for hydroxylation is 1. The van der Waals surface area contributed by atoms with Crippen molar-refractivity contribution in [1.29, 1.82) is 0 Å². The third-order valence-corrected chi connectivity index (χ3v) is 15.4. The van der Waals surface area contributed by atoms with E-state index < -0.39 is 17.6 Å². The standard InChI is InChI=1S/C53H57F2N11O5/c1-3-37-42(54)11-6-33-25-36(67)27-40(46(33)37)49-47(55)50-41(28-56-49)51(66-29-34-7-8-35(30-66)57-34)60-53(59-50)71-24-4-16-63-20-22-64(23-21-63)17-15-45(69)65-18-13-31(14-19-65)32-5-9-38-43(26-32)62(2)61-48(38)39-10-12-44(68)58-52(39)70/h1,5-6,9,11,25-28,31,34-35,39,57,67H,4,7-8,10,12-24,29-30H2,2H3,(H,58,68,70). The van der Waals surface area contributed by atoms with Crippen LogP contribution < -0.4 is 20.3 Å². The van der Waals surface area contributed by atoms with Gasteiger partial charge in [-0.2, -0.15) is 15.1 Å². The van der Waals surface area contributed by atoms with Gasteiger partial charge in [0.2, 0.25) is 17.7 Å². The molecule has 3 unspecified atom stereocenters. The molecule has 3 amide bonds. The molecule has 18 heteroatoms. The van der Waals surface area contributed by atoms with Crippen molar-refractivity contribution in [2.45, 2.75) is 75.3 Å². The second kappa shape index (κ2) is 19.4. The number of rotatable bonds is 12. The van der Waals surface area contributed by atoms with Crippen LogP contribution in [0.15, 0.2) is 48.7 Å². The third kappa shape index (κ3) is 9.22. The fourth-order valence-corrected chi connectivity index (χ4v) is 11.6. The van der Waals surface area contributed by atoms with Crippen LogP contribution in [0.1, 0.15) is 80.0 Å². The van der Waals surface area contributed by atoms with Crippen LogP contribution in [0.2, 0.25) is 0 Å². The predicted octanol–water partition coefficient (Wildman–Crippen LogP) is 5.34. The lowest BCUT2D eigenvalue weighted by molar-refractivity contribution is -0.134. The molecule has 0 aliphatic carbocycles. The van der Waals surface area contributed by atoms with Crippen molar-refractivity contribution < 1.29 is 33.0 Å². The number of anilines is 1. The van der Waals surface area contributed by atoms with Gasteiger partial charge in [-0.3, -0.25) is 29.4 Å². The molecule has 3 atom stereocenters. The first kappa shape index (κ1) is 46.6. The lowest BCUT2D eigenvalue weighted by Crippen LogP contribution is -2.51. The van der Waals surface area contributed by atoms with Crippen molar-refractivity contribution in [1.82, 2.24) is 50.1 Å². The number of pyridine rings is 1. The van der Waals surface area contributed by atoms with Crippen molar-refractivity contribution in [3.05, 3.63) is 77.1 Å². The zero-order chi connectivity index (χ0) is 48.9. The Morgan fingerprint density at radius 2 is 1.68 bits per heavy atom. The molecule has 3 N–H and O–H groups in total. The minimum absolute atomic E-state index is 0.0127. The van der Waals surface area contributed by atoms with E-state index in [1.165, 1.54) is 36.0 Å². The Hall–Kier alpha value is -6.81. The number of hydrogen-bond acceptors (Lipinski definition) is 13. The van der Waals surface area contributed by atoms with E-state index in [4.69, 9.17) is 21.2 Å². The molecular formula is C53H57F2N11O5. The highest BCUT2D eigenvalue weighted by molar-refractivity contribution is 6.04. The highest BCUT2D eigenvalue weighted by atomic mass is 19.1. The molecule has 0 radical (unpaired) electrons. The van der Waals surface area contributed by atoms with Crippen molar-refractivity contribution in [3.8, 4) is 35.4 Å². The highest BCUT2D eigenvalue weighted by Crippen LogP contribution is 2.40. The second-order valence-corrected chi connectivity index (χ2v) is 19.8. The monoisotopic (exact) mass is 965 g/mol. The van der Waals surface area contributed by atoms with Crippen LogP contribution in [0, 0.1) is 24.0 Å². The first-order valence-electron chi connectivity index (χ1n) is 24.9. The summed E-state index contributed by atoms with van der Waals surface area (Å²) in [5, 5.41) is 23.5. The van der Waals surface area contributed by atoms with Crippen LogP contribution in [-0.4, -0.2) is 146 Å². The summed E-state index contributed by atoms with van der Waals surface area (Å²) >= 11 is 0. The van der Waals surface area contributed by atoms with E-state index >= 15 is 4.39 Å². The number of hydrogen-bond donors (Lipinski definition) is 3. The van der Waals surface area contributed by atoms with Crippen molar-refractivity contribution in [2.75, 3.05) is 77.0 Å². The van der Waals surface area contributed by atoms with Gasteiger partial charge in [0, 0.05) is 120 Å². The predicted molar refractivity (Wildman–Crippen MR) is 264 cm³/mol. The van der Waals surface area contributed by atoms with Crippen LogP contribution >= 0.6 is 0 Å². The van der Waals surface area contributed by atoms with E-state index in [9.17, 15) is 23.9 Å². The van der Waals surface area contributed by atoms with Crippen molar-refractivity contribution in [3.63, 3.8) is 0 Å². The van der Waals surface area contributed by atoms with Gasteiger partial charge >= 0.3 is 6.01 Å². The molecule has 2 bridgehead atoms. The van der Waals surface area contributed by atoms with Gasteiger partial charge in [0.15, 0.2) is 5.82 Å². The van der Waals surface area contributed by atoms with Gasteiger partial charge in [0.05, 0.1) is 34.7 Å². The fraction of sp³-hybridized carbons (Fsp3) is 0.453. The van der Waals surface area contributed by atoms with Crippen LogP contribution in [-0.2, 0) is 21.4 Å². The molecule has 16 nitrogen and oxygen atoms in total. The first-order valence-corrected chi connectivity index (χ1v) is 24.9. The molecule has 5 saturated heterocycles. The van der Waals surface area contributed by atoms with Gasteiger partial charge in [0.25, 0.3) is 0 Å². The van der Waals surface area contributed by atoms with Crippen molar-refractivity contribution in [2.24, 2.45) is 7.05 Å². The minimum atomic E-state index is -0.752. The summed E-state index contributed by atoms with van der Waals surface area (Å²) in [6.07, 6.45) is 13.1. The van der Waals surface area contributed by atoms with E-state index in [1.54, 1.807) is 0 Å². The summed E-state index contributed by atoms with van der Waals surface area (Å²) in [7, 11) is 1.89. The van der Waals surface area contributed by atoms with Crippen LogP contribution in [0.25, 0.3) is 43.8 Å². The van der Waals surface area contributed by atoms with E-state index in [2.05, 4.69) is 59.4 Å². The van der Waals surface area contributed by atoms with Crippen LogP contribution in [0.3, 0.4) is 0 Å². The number of carbonyl (C=O) groups is 3. The van der Waals surface area contributed by atoms with Crippen LogP contribution in [0.5, 0.6) is 11.8 Å². The SMILES string of the molecule is C#Cc1c(F)ccc2cc(O)cc(-c3ncc4c(N5CC6CCC(C5)N6)nc(OCCCN5CCN(CCC(=O)N6CCC(c7ccc8c(C9CCC(=O)NC9=O)nn(C)c8c7)CC6)CC5)nc4c3F)c12. The lowest BCUT2D eigenvalue weighted by atomic mass is 9.87. The van der Waals surface area contributed by atoms with Gasteiger partial charge in [-0.1, -0.05) is 24.1 Å². The molecule has 8 heterocycles. The number of aromatic nitrogens is 5. The molecule has 0 saturated carbocycles. The zero-order valence-electron chi connectivity index (χ0n) is 39.8. The van der Waals surface area contributed by atoms with Gasteiger partial charge in [-0.05, 0) is 79.7 Å². The molecule has 368 valence electrons. The maximum absolute atomic E-state index is 17.0. The van der Waals surface area contributed by atoms with Gasteiger partial charge in [0.1, 0.15) is 28.6 Å². The second-order valence-electron chi connectivity index (χ2n) is 19.8. The van der Waals surface area contributed by atoms with E-state index in [1.807, 2.05) is 16.6 Å². The maximum atomic E-state index is 17.0. The minimum Gasteiger partial charge on any atom is -0.508 e. The number of likely N-dealkylation sites (tertiary alicyclic amines) is 1.